The van der Waals surface area contributed by atoms with Crippen LogP contribution in [0.2, 0.25) is 0 Å². The van der Waals surface area contributed by atoms with Gasteiger partial charge in [-0.2, -0.15) is 0 Å². The molecule has 1 aromatic rings. The van der Waals surface area contributed by atoms with Gasteiger partial charge in [0.2, 0.25) is 0 Å². The van der Waals surface area contributed by atoms with Gasteiger partial charge in [0.15, 0.2) is 5.78 Å². The van der Waals surface area contributed by atoms with Crippen molar-refractivity contribution in [2.75, 3.05) is 20.2 Å². The van der Waals surface area contributed by atoms with E-state index in [4.69, 9.17) is 14.2 Å². The maximum atomic E-state index is 13.2. The Labute approximate surface area is 213 Å². The number of ketones is 1. The number of nitrogens with zero attached hydrogens (tertiary/aromatic N) is 1. The molecule has 5 rings (SSSR count). The lowest BCUT2D eigenvalue weighted by Crippen LogP contribution is -2.51. The predicted molar refractivity (Wildman–Crippen MR) is 134 cm³/mol. The summed E-state index contributed by atoms with van der Waals surface area (Å²) in [5, 5.41) is 0. The van der Waals surface area contributed by atoms with Crippen molar-refractivity contribution in [1.29, 1.82) is 0 Å². The first-order valence-electron chi connectivity index (χ1n) is 13.4. The molecular weight excluding hydrogens is 458 g/mol. The summed E-state index contributed by atoms with van der Waals surface area (Å²) in [5.41, 5.74) is 1.16. The van der Waals surface area contributed by atoms with E-state index >= 15 is 0 Å². The van der Waals surface area contributed by atoms with Crippen molar-refractivity contribution in [3.05, 3.63) is 29.3 Å². The number of amides is 1. The maximum Gasteiger partial charge on any atom is 0.410 e. The highest BCUT2D eigenvalue weighted by Crippen LogP contribution is 2.50. The van der Waals surface area contributed by atoms with Crippen LogP contribution in [0.3, 0.4) is 0 Å². The zero-order valence-electron chi connectivity index (χ0n) is 22.1. The molecule has 2 heterocycles. The Bertz CT molecular complexity index is 1030. The van der Waals surface area contributed by atoms with Gasteiger partial charge in [0, 0.05) is 25.4 Å². The van der Waals surface area contributed by atoms with Gasteiger partial charge >= 0.3 is 12.1 Å². The molecule has 2 aliphatic carbocycles. The molecule has 4 aliphatic rings. The highest BCUT2D eigenvalue weighted by Gasteiger charge is 2.50. The molecule has 0 aromatic heterocycles. The van der Waals surface area contributed by atoms with Crippen LogP contribution in [0.4, 0.5) is 4.79 Å². The summed E-state index contributed by atoms with van der Waals surface area (Å²) in [6.45, 7) is 8.89. The third-order valence-corrected chi connectivity index (χ3v) is 8.59. The van der Waals surface area contributed by atoms with Crippen molar-refractivity contribution in [3.63, 3.8) is 0 Å². The van der Waals surface area contributed by atoms with E-state index in [0.29, 0.717) is 48.6 Å². The van der Waals surface area contributed by atoms with E-state index < -0.39 is 5.60 Å². The van der Waals surface area contributed by atoms with Crippen molar-refractivity contribution >= 4 is 17.8 Å². The molecule has 1 saturated heterocycles. The Morgan fingerprint density at radius 1 is 1.08 bits per heavy atom. The van der Waals surface area contributed by atoms with Crippen LogP contribution >= 0.6 is 0 Å². The molecule has 5 atom stereocenters. The van der Waals surface area contributed by atoms with Gasteiger partial charge in [-0.25, -0.2) is 4.79 Å². The van der Waals surface area contributed by atoms with E-state index in [9.17, 15) is 14.4 Å². The molecule has 3 fully saturated rings. The lowest BCUT2D eigenvalue weighted by atomic mass is 9.77. The number of hydrogen-bond acceptors (Lipinski definition) is 6. The van der Waals surface area contributed by atoms with Crippen LogP contribution in [0, 0.1) is 29.6 Å². The topological polar surface area (TPSA) is 82.1 Å². The fourth-order valence-corrected chi connectivity index (χ4v) is 6.89. The lowest BCUT2D eigenvalue weighted by Gasteiger charge is -2.42. The minimum Gasteiger partial charge on any atom is -0.489 e. The molecule has 0 N–H and O–H groups in total. The zero-order valence-corrected chi connectivity index (χ0v) is 22.1. The highest BCUT2D eigenvalue weighted by atomic mass is 16.6. The number of rotatable bonds is 5. The number of Topliss-reactive ketones (excluding diaryl/α,β-unsaturated/α-hetero) is 1. The first kappa shape index (κ1) is 25.1. The van der Waals surface area contributed by atoms with Crippen molar-refractivity contribution in [2.45, 2.75) is 77.4 Å². The van der Waals surface area contributed by atoms with E-state index in [-0.39, 0.29) is 41.7 Å². The van der Waals surface area contributed by atoms with E-state index in [1.807, 2.05) is 50.8 Å². The molecule has 3 unspecified atom stereocenters. The fourth-order valence-electron chi connectivity index (χ4n) is 6.89. The van der Waals surface area contributed by atoms with Crippen LogP contribution in [0.25, 0.3) is 0 Å². The Hall–Kier alpha value is -2.57. The number of fused-ring (bicyclic) bond motifs is 3. The molecule has 2 bridgehead atoms. The van der Waals surface area contributed by atoms with E-state index in [2.05, 4.69) is 0 Å². The summed E-state index contributed by atoms with van der Waals surface area (Å²) in [6, 6.07) is 5.87. The van der Waals surface area contributed by atoms with Crippen LogP contribution in [0.15, 0.2) is 18.2 Å². The molecular formula is C29H39NO6. The standard InChI is InChI=1S/C29H39NO6/c1-16(27(32)34-5)25(17-6-7-17)18-10-11-21-22(31)13-24(35-23(21)12-18)26-19-8-9-20(26)15-30(14-19)28(33)36-29(2,3)4/h10-12,16-17,19-20,24-26H,6-9,13-15H2,1-5H3/t16-,19?,20?,24?,25-,26?/m0/s1. The number of likely N-dealkylation sites (tertiary alicyclic amines) is 1. The van der Waals surface area contributed by atoms with Gasteiger partial charge in [-0.1, -0.05) is 13.0 Å². The number of methoxy groups -OCH3 is 1. The van der Waals surface area contributed by atoms with Crippen molar-refractivity contribution in [2.24, 2.45) is 29.6 Å². The second-order valence-electron chi connectivity index (χ2n) is 12.3. The number of carbonyl (C=O) groups is 3. The first-order valence-corrected chi connectivity index (χ1v) is 13.4. The quantitative estimate of drug-likeness (QED) is 0.519. The molecule has 2 aliphatic heterocycles. The summed E-state index contributed by atoms with van der Waals surface area (Å²) in [6.07, 6.45) is 4.22. The predicted octanol–water partition coefficient (Wildman–Crippen LogP) is 5.22. The highest BCUT2D eigenvalue weighted by molar-refractivity contribution is 6.00. The number of carbonyl (C=O) groups excluding carboxylic acids is 3. The van der Waals surface area contributed by atoms with E-state index in [1.165, 1.54) is 7.11 Å². The number of hydrogen-bond donors (Lipinski definition) is 0. The number of ether oxygens (including phenoxy) is 3. The fraction of sp³-hybridized carbons (Fsp3) is 0.690. The molecule has 7 heteroatoms. The van der Waals surface area contributed by atoms with Gasteiger partial charge in [0.1, 0.15) is 17.5 Å². The number of benzene rings is 1. The summed E-state index contributed by atoms with van der Waals surface area (Å²) < 4.78 is 17.2. The average molecular weight is 498 g/mol. The largest absolute Gasteiger partial charge is 0.489 e. The summed E-state index contributed by atoms with van der Waals surface area (Å²) in [4.78, 5) is 40.1. The maximum absolute atomic E-state index is 13.2. The third kappa shape index (κ3) is 4.85. The van der Waals surface area contributed by atoms with Gasteiger partial charge in [-0.15, -0.1) is 0 Å². The van der Waals surface area contributed by atoms with Crippen LogP contribution in [0.1, 0.15) is 81.6 Å². The van der Waals surface area contributed by atoms with Gasteiger partial charge in [0.05, 0.1) is 18.6 Å². The van der Waals surface area contributed by atoms with Crippen LogP contribution in [-0.4, -0.2) is 54.7 Å². The lowest BCUT2D eigenvalue weighted by molar-refractivity contribution is -0.145. The van der Waals surface area contributed by atoms with E-state index in [1.54, 1.807) is 0 Å². The second-order valence-corrected chi connectivity index (χ2v) is 12.3. The first-order chi connectivity index (χ1) is 17.1. The molecule has 1 aromatic carbocycles. The smallest absolute Gasteiger partial charge is 0.410 e. The Morgan fingerprint density at radius 2 is 1.75 bits per heavy atom. The molecule has 0 radical (unpaired) electrons. The van der Waals surface area contributed by atoms with Crippen molar-refractivity contribution in [1.82, 2.24) is 4.90 Å². The minimum atomic E-state index is -0.517. The summed E-state index contributed by atoms with van der Waals surface area (Å²) in [7, 11) is 1.43. The van der Waals surface area contributed by atoms with Crippen molar-refractivity contribution < 1.29 is 28.6 Å². The molecule has 196 valence electrons. The number of esters is 1. The SMILES string of the molecule is COC(=O)[C@@H](C)[C@H](c1ccc2c(c1)OC(C1C3CCC1CN(C(=O)OC(C)(C)C)C3)CC2=O)C1CC1. The van der Waals surface area contributed by atoms with Gasteiger partial charge < -0.3 is 19.1 Å². The van der Waals surface area contributed by atoms with Crippen LogP contribution < -0.4 is 4.74 Å². The third-order valence-electron chi connectivity index (χ3n) is 8.59. The second kappa shape index (κ2) is 9.38. The molecule has 2 saturated carbocycles. The molecule has 1 amide bonds. The van der Waals surface area contributed by atoms with Crippen LogP contribution in [0.5, 0.6) is 5.75 Å². The van der Waals surface area contributed by atoms with Crippen LogP contribution in [-0.2, 0) is 14.3 Å². The van der Waals surface area contributed by atoms with Gasteiger partial charge in [-0.3, -0.25) is 9.59 Å². The van der Waals surface area contributed by atoms with Crippen molar-refractivity contribution in [3.8, 4) is 5.75 Å². The number of piperidine rings is 1. The summed E-state index contributed by atoms with van der Waals surface area (Å²) in [5.74, 6) is 1.69. The molecule has 36 heavy (non-hydrogen) atoms. The van der Waals surface area contributed by atoms with Gasteiger partial charge in [0.25, 0.3) is 0 Å². The Kier molecular flexibility index (Phi) is 6.54. The Morgan fingerprint density at radius 3 is 2.33 bits per heavy atom. The average Bonchev–Trinajstić information content (AvgIpc) is 3.61. The van der Waals surface area contributed by atoms with Gasteiger partial charge in [-0.05, 0) is 87.8 Å². The Balaban J connectivity index is 1.34. The van der Waals surface area contributed by atoms with E-state index in [0.717, 1.165) is 31.2 Å². The normalized spacial score (nSPS) is 29.1. The monoisotopic (exact) mass is 497 g/mol. The minimum absolute atomic E-state index is 0.0649. The summed E-state index contributed by atoms with van der Waals surface area (Å²) >= 11 is 0. The zero-order chi connectivity index (χ0) is 25.8. The molecule has 7 nitrogen and oxygen atoms in total. The molecule has 0 spiro atoms.